The summed E-state index contributed by atoms with van der Waals surface area (Å²) < 4.78 is 18.5. The number of tetrazole rings is 1. The minimum Gasteiger partial charge on any atom is -0.368 e. The van der Waals surface area contributed by atoms with Crippen LogP contribution in [0.25, 0.3) is 11.4 Å². The van der Waals surface area contributed by atoms with Crippen LogP contribution in [-0.4, -0.2) is 56.8 Å². The van der Waals surface area contributed by atoms with Crippen molar-refractivity contribution in [1.82, 2.24) is 25.1 Å². The number of hydrogen-bond donors (Lipinski definition) is 0. The Morgan fingerprint density at radius 3 is 2.60 bits per heavy atom. The average Bonchev–Trinajstić information content (AvgIpc) is 3.34. The number of carbonyl (C=O) groups is 1. The van der Waals surface area contributed by atoms with E-state index in [4.69, 9.17) is 4.74 Å². The molecule has 1 unspecified atom stereocenters. The third kappa shape index (κ3) is 3.39. The van der Waals surface area contributed by atoms with Crippen molar-refractivity contribution in [1.29, 1.82) is 0 Å². The lowest BCUT2D eigenvalue weighted by atomic mass is 10.0. The quantitative estimate of drug-likeness (QED) is 0.848. The molecule has 2 fully saturated rings. The number of ether oxygens (including phenoxy) is 1. The number of likely N-dealkylation sites (tertiary alicyclic amines) is 1. The Morgan fingerprint density at radius 1 is 1.16 bits per heavy atom. The van der Waals surface area contributed by atoms with Crippen molar-refractivity contribution in [2.45, 2.75) is 37.8 Å². The maximum atomic E-state index is 13.0. The maximum Gasteiger partial charge on any atom is 0.251 e. The molecule has 8 heteroatoms. The predicted molar refractivity (Wildman–Crippen MR) is 87.0 cm³/mol. The Kier molecular flexibility index (Phi) is 4.44. The number of aromatic nitrogens is 4. The summed E-state index contributed by atoms with van der Waals surface area (Å²) in [5, 5.41) is 12.6. The van der Waals surface area contributed by atoms with Gasteiger partial charge in [0, 0.05) is 25.3 Å². The molecule has 2 aromatic rings. The van der Waals surface area contributed by atoms with E-state index in [0.29, 0.717) is 25.5 Å². The number of amides is 1. The molecule has 1 aromatic carbocycles. The summed E-state index contributed by atoms with van der Waals surface area (Å²) in [6.07, 6.45) is 3.10. The Balaban J connectivity index is 1.38. The minimum absolute atomic E-state index is 0.106. The standard InChI is InChI=1S/C17H20FN5O2/c18-13-5-3-12(4-6-13)16-19-21-23(20-16)14-7-9-22(10-8-14)17(24)15-2-1-11-25-15/h3-6,14-15H,1-2,7-11H2. The second kappa shape index (κ2) is 6.87. The molecule has 132 valence electrons. The van der Waals surface area contributed by atoms with Gasteiger partial charge in [0.15, 0.2) is 0 Å². The van der Waals surface area contributed by atoms with Gasteiger partial charge in [0.1, 0.15) is 11.9 Å². The van der Waals surface area contributed by atoms with Crippen molar-refractivity contribution in [3.05, 3.63) is 30.1 Å². The van der Waals surface area contributed by atoms with Crippen LogP contribution < -0.4 is 0 Å². The van der Waals surface area contributed by atoms with Crippen molar-refractivity contribution < 1.29 is 13.9 Å². The Hall–Kier alpha value is -2.35. The van der Waals surface area contributed by atoms with E-state index in [0.717, 1.165) is 31.2 Å². The van der Waals surface area contributed by atoms with E-state index < -0.39 is 0 Å². The summed E-state index contributed by atoms with van der Waals surface area (Å²) in [6, 6.07) is 6.16. The van der Waals surface area contributed by atoms with Gasteiger partial charge in [0.25, 0.3) is 5.91 Å². The summed E-state index contributed by atoms with van der Waals surface area (Å²) in [5.41, 5.74) is 0.735. The van der Waals surface area contributed by atoms with Gasteiger partial charge in [-0.15, -0.1) is 10.2 Å². The third-order valence-electron chi connectivity index (χ3n) is 4.84. The molecule has 1 aromatic heterocycles. The highest BCUT2D eigenvalue weighted by Crippen LogP contribution is 2.24. The van der Waals surface area contributed by atoms with Crippen LogP contribution in [0.15, 0.2) is 24.3 Å². The molecule has 2 saturated heterocycles. The molecule has 1 atom stereocenters. The zero-order chi connectivity index (χ0) is 17.2. The van der Waals surface area contributed by atoms with E-state index >= 15 is 0 Å². The molecule has 3 heterocycles. The summed E-state index contributed by atoms with van der Waals surface area (Å²) in [7, 11) is 0. The second-order valence-electron chi connectivity index (χ2n) is 6.50. The number of benzene rings is 1. The zero-order valence-corrected chi connectivity index (χ0v) is 13.8. The smallest absolute Gasteiger partial charge is 0.251 e. The van der Waals surface area contributed by atoms with Gasteiger partial charge < -0.3 is 9.64 Å². The van der Waals surface area contributed by atoms with E-state index in [1.54, 1.807) is 16.9 Å². The first-order valence-corrected chi connectivity index (χ1v) is 8.66. The lowest BCUT2D eigenvalue weighted by molar-refractivity contribution is -0.142. The molecule has 0 aliphatic carbocycles. The highest BCUT2D eigenvalue weighted by atomic mass is 19.1. The summed E-state index contributed by atoms with van der Waals surface area (Å²) >= 11 is 0. The topological polar surface area (TPSA) is 73.1 Å². The fraction of sp³-hybridized carbons (Fsp3) is 0.529. The molecule has 2 aliphatic heterocycles. The van der Waals surface area contributed by atoms with Crippen LogP contribution >= 0.6 is 0 Å². The van der Waals surface area contributed by atoms with E-state index in [1.165, 1.54) is 12.1 Å². The van der Waals surface area contributed by atoms with Crippen LogP contribution in [0.5, 0.6) is 0 Å². The Bertz CT molecular complexity index is 734. The highest BCUT2D eigenvalue weighted by Gasteiger charge is 2.31. The largest absolute Gasteiger partial charge is 0.368 e. The van der Waals surface area contributed by atoms with E-state index in [1.807, 2.05) is 4.90 Å². The number of hydrogen-bond acceptors (Lipinski definition) is 5. The first-order chi connectivity index (χ1) is 12.2. The van der Waals surface area contributed by atoms with Crippen LogP contribution in [0.4, 0.5) is 4.39 Å². The summed E-state index contributed by atoms with van der Waals surface area (Å²) in [5.74, 6) is 0.298. The molecule has 0 saturated carbocycles. The maximum absolute atomic E-state index is 13.0. The van der Waals surface area contributed by atoms with Gasteiger partial charge in [-0.3, -0.25) is 4.79 Å². The van der Waals surface area contributed by atoms with Crippen LogP contribution in [-0.2, 0) is 9.53 Å². The first-order valence-electron chi connectivity index (χ1n) is 8.66. The van der Waals surface area contributed by atoms with Crippen molar-refractivity contribution in [2.24, 2.45) is 0 Å². The van der Waals surface area contributed by atoms with Crippen molar-refractivity contribution in [3.8, 4) is 11.4 Å². The molecule has 25 heavy (non-hydrogen) atoms. The van der Waals surface area contributed by atoms with Gasteiger partial charge in [0.2, 0.25) is 5.82 Å². The third-order valence-corrected chi connectivity index (χ3v) is 4.84. The van der Waals surface area contributed by atoms with Gasteiger partial charge in [-0.2, -0.15) is 4.80 Å². The van der Waals surface area contributed by atoms with Gasteiger partial charge >= 0.3 is 0 Å². The van der Waals surface area contributed by atoms with Crippen LogP contribution in [0.2, 0.25) is 0 Å². The molecule has 1 amide bonds. The molecule has 0 N–H and O–H groups in total. The first kappa shape index (κ1) is 16.1. The number of nitrogens with zero attached hydrogens (tertiary/aromatic N) is 5. The van der Waals surface area contributed by atoms with Crippen LogP contribution in [0, 0.1) is 5.82 Å². The van der Waals surface area contributed by atoms with Crippen LogP contribution in [0.3, 0.4) is 0 Å². The molecular weight excluding hydrogens is 325 g/mol. The van der Waals surface area contributed by atoms with Gasteiger partial charge in [-0.25, -0.2) is 4.39 Å². The average molecular weight is 345 g/mol. The number of halogens is 1. The molecule has 7 nitrogen and oxygen atoms in total. The SMILES string of the molecule is O=C(C1CCCO1)N1CCC(n2nnc(-c3ccc(F)cc3)n2)CC1. The van der Waals surface area contributed by atoms with Crippen LogP contribution in [0.1, 0.15) is 31.7 Å². The molecule has 0 spiro atoms. The molecule has 0 bridgehead atoms. The van der Waals surface area contributed by atoms with E-state index in [9.17, 15) is 9.18 Å². The Morgan fingerprint density at radius 2 is 1.92 bits per heavy atom. The predicted octanol–water partition coefficient (Wildman–Crippen LogP) is 1.82. The molecule has 4 rings (SSSR count). The van der Waals surface area contributed by atoms with Gasteiger partial charge in [0.05, 0.1) is 6.04 Å². The van der Waals surface area contributed by atoms with Gasteiger partial charge in [-0.1, -0.05) is 0 Å². The van der Waals surface area contributed by atoms with Gasteiger partial charge in [-0.05, 0) is 55.2 Å². The lowest BCUT2D eigenvalue weighted by Gasteiger charge is -2.32. The van der Waals surface area contributed by atoms with E-state index in [-0.39, 0.29) is 23.9 Å². The fourth-order valence-electron chi connectivity index (χ4n) is 3.39. The van der Waals surface area contributed by atoms with Crippen molar-refractivity contribution in [3.63, 3.8) is 0 Å². The monoisotopic (exact) mass is 345 g/mol. The lowest BCUT2D eigenvalue weighted by Crippen LogP contribution is -2.44. The summed E-state index contributed by atoms with van der Waals surface area (Å²) in [4.78, 5) is 15.9. The van der Waals surface area contributed by atoms with E-state index in [2.05, 4.69) is 15.4 Å². The fourth-order valence-corrected chi connectivity index (χ4v) is 3.39. The molecular formula is C17H20FN5O2. The summed E-state index contributed by atoms with van der Waals surface area (Å²) in [6.45, 7) is 2.04. The Labute approximate surface area is 144 Å². The second-order valence-corrected chi connectivity index (χ2v) is 6.50. The van der Waals surface area contributed by atoms with Crippen molar-refractivity contribution in [2.75, 3.05) is 19.7 Å². The van der Waals surface area contributed by atoms with Crippen molar-refractivity contribution >= 4 is 5.91 Å². The number of piperidine rings is 1. The normalized spacial score (nSPS) is 21.6. The highest BCUT2D eigenvalue weighted by molar-refractivity contribution is 5.81. The molecule has 0 radical (unpaired) electrons. The number of carbonyl (C=O) groups excluding carboxylic acids is 1. The zero-order valence-electron chi connectivity index (χ0n) is 13.8. The number of rotatable bonds is 3. The minimum atomic E-state index is -0.292. The molecule has 2 aliphatic rings.